The Bertz CT molecular complexity index is 594. The maximum absolute atomic E-state index is 5.80. The highest BCUT2D eigenvalue weighted by Crippen LogP contribution is 2.34. The van der Waals surface area contributed by atoms with E-state index in [1.54, 1.807) is 0 Å². The Hall–Kier alpha value is -2.16. The second-order valence-corrected chi connectivity index (χ2v) is 4.60. The van der Waals surface area contributed by atoms with Gasteiger partial charge in [-0.25, -0.2) is 0 Å². The number of aryl methyl sites for hydroxylation is 1. The number of ether oxygens (including phenoxy) is 2. The Morgan fingerprint density at radius 1 is 0.900 bits per heavy atom. The van der Waals surface area contributed by atoms with E-state index in [1.807, 2.05) is 50.2 Å². The van der Waals surface area contributed by atoms with Crippen molar-refractivity contribution in [3.8, 4) is 22.6 Å². The van der Waals surface area contributed by atoms with Gasteiger partial charge in [-0.3, -0.25) is 0 Å². The highest BCUT2D eigenvalue weighted by Gasteiger charge is 2.09. The molecule has 0 bridgehead atoms. The summed E-state index contributed by atoms with van der Waals surface area (Å²) in [5, 5.41) is 0. The lowest BCUT2D eigenvalue weighted by Gasteiger charge is -2.13. The maximum atomic E-state index is 5.80. The van der Waals surface area contributed by atoms with E-state index in [4.69, 9.17) is 15.2 Å². The molecule has 0 saturated heterocycles. The molecule has 0 radical (unpaired) electrons. The summed E-state index contributed by atoms with van der Waals surface area (Å²) in [6.07, 6.45) is 0. The van der Waals surface area contributed by atoms with Crippen LogP contribution in [0.5, 0.6) is 11.5 Å². The van der Waals surface area contributed by atoms with E-state index in [0.29, 0.717) is 13.2 Å². The standard InChI is InChI=1S/C17H21NO2/c1-4-19-16-9-6-13(11-17(16)20-5-2)15-8-7-14(18)10-12(15)3/h6-11H,4-5,18H2,1-3H3. The molecule has 3 heteroatoms. The minimum Gasteiger partial charge on any atom is -0.490 e. The van der Waals surface area contributed by atoms with Crippen LogP contribution in [0, 0.1) is 6.92 Å². The third kappa shape index (κ3) is 3.05. The van der Waals surface area contributed by atoms with Crippen molar-refractivity contribution in [2.45, 2.75) is 20.8 Å². The van der Waals surface area contributed by atoms with E-state index in [1.165, 1.54) is 0 Å². The zero-order valence-electron chi connectivity index (χ0n) is 12.3. The van der Waals surface area contributed by atoms with Gasteiger partial charge in [0.25, 0.3) is 0 Å². The van der Waals surface area contributed by atoms with Crippen molar-refractivity contribution in [3.05, 3.63) is 42.0 Å². The third-order valence-corrected chi connectivity index (χ3v) is 3.10. The first kappa shape index (κ1) is 14.3. The molecule has 0 unspecified atom stereocenters. The van der Waals surface area contributed by atoms with Crippen LogP contribution in [-0.4, -0.2) is 13.2 Å². The SMILES string of the molecule is CCOc1ccc(-c2ccc(N)cc2C)cc1OCC. The van der Waals surface area contributed by atoms with Gasteiger partial charge in [0.2, 0.25) is 0 Å². The van der Waals surface area contributed by atoms with E-state index < -0.39 is 0 Å². The van der Waals surface area contributed by atoms with E-state index in [0.717, 1.165) is 33.9 Å². The Labute approximate surface area is 120 Å². The van der Waals surface area contributed by atoms with Crippen molar-refractivity contribution in [1.29, 1.82) is 0 Å². The fraction of sp³-hybridized carbons (Fsp3) is 0.294. The summed E-state index contributed by atoms with van der Waals surface area (Å²) >= 11 is 0. The Morgan fingerprint density at radius 3 is 2.25 bits per heavy atom. The van der Waals surface area contributed by atoms with Crippen LogP contribution in [-0.2, 0) is 0 Å². The van der Waals surface area contributed by atoms with Gasteiger partial charge in [0.15, 0.2) is 11.5 Å². The molecule has 106 valence electrons. The van der Waals surface area contributed by atoms with Gasteiger partial charge in [0, 0.05) is 5.69 Å². The molecule has 0 aliphatic heterocycles. The van der Waals surface area contributed by atoms with Crippen molar-refractivity contribution >= 4 is 5.69 Å². The lowest BCUT2D eigenvalue weighted by atomic mass is 9.99. The zero-order valence-corrected chi connectivity index (χ0v) is 12.3. The molecule has 0 spiro atoms. The first-order valence-electron chi connectivity index (χ1n) is 6.91. The highest BCUT2D eigenvalue weighted by molar-refractivity contribution is 5.72. The van der Waals surface area contributed by atoms with E-state index in [2.05, 4.69) is 6.92 Å². The molecule has 0 amide bonds. The van der Waals surface area contributed by atoms with Crippen molar-refractivity contribution in [2.75, 3.05) is 18.9 Å². The summed E-state index contributed by atoms with van der Waals surface area (Å²) in [7, 11) is 0. The molecule has 2 aromatic rings. The van der Waals surface area contributed by atoms with Crippen LogP contribution in [0.3, 0.4) is 0 Å². The number of hydrogen-bond donors (Lipinski definition) is 1. The molecule has 0 heterocycles. The number of anilines is 1. The van der Waals surface area contributed by atoms with Crippen molar-refractivity contribution in [1.82, 2.24) is 0 Å². The third-order valence-electron chi connectivity index (χ3n) is 3.10. The maximum Gasteiger partial charge on any atom is 0.161 e. The lowest BCUT2D eigenvalue weighted by Crippen LogP contribution is -1.98. The van der Waals surface area contributed by atoms with Gasteiger partial charge in [-0.15, -0.1) is 0 Å². The van der Waals surface area contributed by atoms with Gasteiger partial charge in [0.05, 0.1) is 13.2 Å². The summed E-state index contributed by atoms with van der Waals surface area (Å²) in [5.41, 5.74) is 9.99. The minimum atomic E-state index is 0.615. The lowest BCUT2D eigenvalue weighted by molar-refractivity contribution is 0.288. The molecule has 0 aromatic heterocycles. The predicted molar refractivity (Wildman–Crippen MR) is 83.4 cm³/mol. The second kappa shape index (κ2) is 6.33. The van der Waals surface area contributed by atoms with Crippen molar-refractivity contribution in [2.24, 2.45) is 0 Å². The smallest absolute Gasteiger partial charge is 0.161 e. The van der Waals surface area contributed by atoms with Crippen molar-refractivity contribution in [3.63, 3.8) is 0 Å². The van der Waals surface area contributed by atoms with E-state index in [9.17, 15) is 0 Å². The molecule has 2 rings (SSSR count). The van der Waals surface area contributed by atoms with Gasteiger partial charge in [-0.2, -0.15) is 0 Å². The number of nitrogens with two attached hydrogens (primary N) is 1. The summed E-state index contributed by atoms with van der Waals surface area (Å²) in [4.78, 5) is 0. The molecule has 0 aliphatic rings. The normalized spacial score (nSPS) is 10.3. The first-order chi connectivity index (χ1) is 9.65. The highest BCUT2D eigenvalue weighted by atomic mass is 16.5. The molecule has 20 heavy (non-hydrogen) atoms. The number of nitrogen functional groups attached to an aromatic ring is 1. The van der Waals surface area contributed by atoms with Gasteiger partial charge >= 0.3 is 0 Å². The van der Waals surface area contributed by atoms with Crippen LogP contribution in [0.4, 0.5) is 5.69 Å². The Balaban J connectivity index is 2.44. The zero-order chi connectivity index (χ0) is 14.5. The summed E-state index contributed by atoms with van der Waals surface area (Å²) in [6, 6.07) is 12.0. The number of hydrogen-bond acceptors (Lipinski definition) is 3. The Kier molecular flexibility index (Phi) is 4.51. The number of benzene rings is 2. The Morgan fingerprint density at radius 2 is 1.60 bits per heavy atom. The van der Waals surface area contributed by atoms with Gasteiger partial charge in [0.1, 0.15) is 0 Å². The van der Waals surface area contributed by atoms with Crippen LogP contribution < -0.4 is 15.2 Å². The fourth-order valence-electron chi connectivity index (χ4n) is 2.23. The molecule has 0 atom stereocenters. The monoisotopic (exact) mass is 271 g/mol. The average molecular weight is 271 g/mol. The molecule has 2 aromatic carbocycles. The largest absolute Gasteiger partial charge is 0.490 e. The first-order valence-corrected chi connectivity index (χ1v) is 6.91. The van der Waals surface area contributed by atoms with Crippen molar-refractivity contribution < 1.29 is 9.47 Å². The predicted octanol–water partition coefficient (Wildman–Crippen LogP) is 4.04. The molecular weight excluding hydrogens is 250 g/mol. The van der Waals surface area contributed by atoms with Crippen LogP contribution >= 0.6 is 0 Å². The topological polar surface area (TPSA) is 44.5 Å². The fourth-order valence-corrected chi connectivity index (χ4v) is 2.23. The molecule has 2 N–H and O–H groups in total. The van der Waals surface area contributed by atoms with Crippen LogP contribution in [0.2, 0.25) is 0 Å². The van der Waals surface area contributed by atoms with Gasteiger partial charge < -0.3 is 15.2 Å². The summed E-state index contributed by atoms with van der Waals surface area (Å²) < 4.78 is 11.3. The average Bonchev–Trinajstić information content (AvgIpc) is 2.41. The van der Waals surface area contributed by atoms with Gasteiger partial charge in [-0.05, 0) is 61.7 Å². The van der Waals surface area contributed by atoms with Crippen LogP contribution in [0.25, 0.3) is 11.1 Å². The van der Waals surface area contributed by atoms with E-state index in [-0.39, 0.29) is 0 Å². The quantitative estimate of drug-likeness (QED) is 0.835. The van der Waals surface area contributed by atoms with Crippen LogP contribution in [0.15, 0.2) is 36.4 Å². The second-order valence-electron chi connectivity index (χ2n) is 4.60. The number of rotatable bonds is 5. The molecule has 0 aliphatic carbocycles. The summed E-state index contributed by atoms with van der Waals surface area (Å²) in [6.45, 7) is 7.23. The van der Waals surface area contributed by atoms with Gasteiger partial charge in [-0.1, -0.05) is 12.1 Å². The van der Waals surface area contributed by atoms with Crippen LogP contribution in [0.1, 0.15) is 19.4 Å². The molecule has 3 nitrogen and oxygen atoms in total. The minimum absolute atomic E-state index is 0.615. The summed E-state index contributed by atoms with van der Waals surface area (Å²) in [5.74, 6) is 1.56. The molecule has 0 fully saturated rings. The molecule has 0 saturated carbocycles. The van der Waals surface area contributed by atoms with E-state index >= 15 is 0 Å². The molecular formula is C17H21NO2.